The van der Waals surface area contributed by atoms with Gasteiger partial charge in [0, 0.05) is 0 Å². The van der Waals surface area contributed by atoms with Crippen LogP contribution in [0.25, 0.3) is 0 Å². The summed E-state index contributed by atoms with van der Waals surface area (Å²) in [5.41, 5.74) is 1.02. The molecule has 1 aromatic carbocycles. The van der Waals surface area contributed by atoms with Crippen molar-refractivity contribution in [2.75, 3.05) is 13.1 Å². The second-order valence-corrected chi connectivity index (χ2v) is 6.72. The summed E-state index contributed by atoms with van der Waals surface area (Å²) in [6.45, 7) is 1.32. The van der Waals surface area contributed by atoms with E-state index in [4.69, 9.17) is 0 Å². The van der Waals surface area contributed by atoms with Gasteiger partial charge in [0.25, 0.3) is 0 Å². The zero-order valence-corrected chi connectivity index (χ0v) is 14.2. The van der Waals surface area contributed by atoms with Crippen LogP contribution in [0.2, 0.25) is 0 Å². The van der Waals surface area contributed by atoms with Gasteiger partial charge >= 0.3 is 0 Å². The van der Waals surface area contributed by atoms with E-state index in [9.17, 15) is 9.18 Å². The van der Waals surface area contributed by atoms with Gasteiger partial charge in [0.15, 0.2) is 0 Å². The minimum Gasteiger partial charge on any atom is -0.348 e. The Balaban J connectivity index is 0.00000192. The van der Waals surface area contributed by atoms with Crippen LogP contribution in [0.1, 0.15) is 50.1 Å². The summed E-state index contributed by atoms with van der Waals surface area (Å²) in [5.74, 6) is 1.06. The molecule has 1 aromatic rings. The smallest absolute Gasteiger partial charge is 0.234 e. The Bertz CT molecular complexity index is 498. The molecule has 2 saturated carbocycles. The van der Waals surface area contributed by atoms with Gasteiger partial charge in [-0.25, -0.2) is 4.39 Å². The first kappa shape index (κ1) is 18.2. The van der Waals surface area contributed by atoms with Crippen LogP contribution < -0.4 is 10.6 Å². The van der Waals surface area contributed by atoms with E-state index in [1.54, 1.807) is 12.1 Å². The second-order valence-electron chi connectivity index (χ2n) is 6.72. The second kappa shape index (κ2) is 8.65. The van der Waals surface area contributed by atoms with Gasteiger partial charge in [0.2, 0.25) is 5.91 Å². The lowest BCUT2D eigenvalue weighted by Gasteiger charge is -2.25. The van der Waals surface area contributed by atoms with Crippen molar-refractivity contribution in [2.24, 2.45) is 11.8 Å². The summed E-state index contributed by atoms with van der Waals surface area (Å²) in [7, 11) is 0. The van der Waals surface area contributed by atoms with E-state index >= 15 is 0 Å². The average molecular weight is 341 g/mol. The molecule has 3 nitrogen and oxygen atoms in total. The molecule has 0 heterocycles. The van der Waals surface area contributed by atoms with E-state index in [0.29, 0.717) is 12.5 Å². The van der Waals surface area contributed by atoms with E-state index in [1.165, 1.54) is 37.8 Å². The van der Waals surface area contributed by atoms with Gasteiger partial charge in [-0.3, -0.25) is 4.79 Å². The van der Waals surface area contributed by atoms with Crippen molar-refractivity contribution in [3.63, 3.8) is 0 Å². The van der Waals surface area contributed by atoms with E-state index in [-0.39, 0.29) is 30.2 Å². The van der Waals surface area contributed by atoms with Crippen molar-refractivity contribution in [1.82, 2.24) is 10.6 Å². The number of nitrogens with one attached hydrogen (secondary N) is 2. The van der Waals surface area contributed by atoms with Crippen LogP contribution in [-0.4, -0.2) is 19.0 Å². The molecule has 2 aliphatic rings. The third-order valence-electron chi connectivity index (χ3n) is 4.83. The molecule has 23 heavy (non-hydrogen) atoms. The predicted octanol–water partition coefficient (Wildman–Crippen LogP) is 3.59. The van der Waals surface area contributed by atoms with Gasteiger partial charge in [-0.1, -0.05) is 25.0 Å². The third-order valence-corrected chi connectivity index (χ3v) is 4.83. The Morgan fingerprint density at radius 2 is 1.78 bits per heavy atom. The highest BCUT2D eigenvalue weighted by molar-refractivity contribution is 5.85. The molecule has 0 aliphatic heterocycles. The van der Waals surface area contributed by atoms with Crippen LogP contribution in [-0.2, 0) is 4.79 Å². The van der Waals surface area contributed by atoms with Gasteiger partial charge in [-0.15, -0.1) is 12.4 Å². The quantitative estimate of drug-likeness (QED) is 0.796. The molecule has 1 unspecified atom stereocenters. The molecule has 128 valence electrons. The number of carbonyl (C=O) groups is 1. The minimum absolute atomic E-state index is 0. The molecule has 2 fully saturated rings. The molecule has 0 radical (unpaired) electrons. The molecule has 1 atom stereocenters. The molecule has 5 heteroatoms. The SMILES string of the molecule is Cl.O=C(CNCC1CC1)NC(c1ccc(F)cc1)C1CCCC1. The Morgan fingerprint density at radius 3 is 2.39 bits per heavy atom. The van der Waals surface area contributed by atoms with Crippen LogP contribution in [0, 0.1) is 17.7 Å². The number of carbonyl (C=O) groups excluding carboxylic acids is 1. The monoisotopic (exact) mass is 340 g/mol. The average Bonchev–Trinajstić information content (AvgIpc) is 3.17. The topological polar surface area (TPSA) is 41.1 Å². The Labute approximate surface area is 143 Å². The molecule has 0 spiro atoms. The van der Waals surface area contributed by atoms with Gasteiger partial charge in [0.05, 0.1) is 12.6 Å². The number of hydrogen-bond acceptors (Lipinski definition) is 2. The molecule has 0 saturated heterocycles. The lowest BCUT2D eigenvalue weighted by molar-refractivity contribution is -0.121. The maximum absolute atomic E-state index is 13.1. The van der Waals surface area contributed by atoms with Crippen molar-refractivity contribution < 1.29 is 9.18 Å². The van der Waals surface area contributed by atoms with Gasteiger partial charge in [-0.05, 0) is 61.8 Å². The lowest BCUT2D eigenvalue weighted by atomic mass is 9.91. The van der Waals surface area contributed by atoms with Crippen LogP contribution in [0.4, 0.5) is 4.39 Å². The highest BCUT2D eigenvalue weighted by atomic mass is 35.5. The minimum atomic E-state index is -0.230. The van der Waals surface area contributed by atoms with E-state index < -0.39 is 0 Å². The maximum atomic E-state index is 13.1. The fourth-order valence-electron chi connectivity index (χ4n) is 3.37. The summed E-state index contributed by atoms with van der Waals surface area (Å²) in [5, 5.41) is 6.40. The van der Waals surface area contributed by atoms with E-state index in [0.717, 1.165) is 30.9 Å². The first-order valence-electron chi connectivity index (χ1n) is 8.48. The standard InChI is InChI=1S/C18H25FN2O.ClH/c19-16-9-7-15(8-10-16)18(14-3-1-2-4-14)21-17(22)12-20-11-13-5-6-13;/h7-10,13-14,18,20H,1-6,11-12H2,(H,21,22);1H. The summed E-state index contributed by atoms with van der Waals surface area (Å²) >= 11 is 0. The lowest BCUT2D eigenvalue weighted by Crippen LogP contribution is -2.39. The Kier molecular flexibility index (Phi) is 6.85. The predicted molar refractivity (Wildman–Crippen MR) is 92.1 cm³/mol. The van der Waals surface area contributed by atoms with Crippen molar-refractivity contribution in [1.29, 1.82) is 0 Å². The molecular formula is C18H26ClFN2O. The molecule has 2 aliphatic carbocycles. The molecule has 2 N–H and O–H groups in total. The van der Waals surface area contributed by atoms with Gasteiger partial charge in [-0.2, -0.15) is 0 Å². The maximum Gasteiger partial charge on any atom is 0.234 e. The fraction of sp³-hybridized carbons (Fsp3) is 0.611. The number of halogens is 2. The first-order valence-corrected chi connectivity index (χ1v) is 8.48. The third kappa shape index (κ3) is 5.47. The highest BCUT2D eigenvalue weighted by Crippen LogP contribution is 2.35. The van der Waals surface area contributed by atoms with E-state index in [1.807, 2.05) is 0 Å². The van der Waals surface area contributed by atoms with E-state index in [2.05, 4.69) is 10.6 Å². The van der Waals surface area contributed by atoms with Crippen LogP contribution in [0.5, 0.6) is 0 Å². The normalized spacial score (nSPS) is 19.2. The zero-order chi connectivity index (χ0) is 15.4. The van der Waals surface area contributed by atoms with Crippen molar-refractivity contribution in [2.45, 2.75) is 44.6 Å². The Morgan fingerprint density at radius 1 is 1.13 bits per heavy atom. The summed E-state index contributed by atoms with van der Waals surface area (Å²) in [6.07, 6.45) is 7.29. The van der Waals surface area contributed by atoms with Crippen molar-refractivity contribution in [3.8, 4) is 0 Å². The van der Waals surface area contributed by atoms with Crippen LogP contribution >= 0.6 is 12.4 Å². The largest absolute Gasteiger partial charge is 0.348 e. The number of amides is 1. The zero-order valence-electron chi connectivity index (χ0n) is 13.4. The number of rotatable bonds is 7. The van der Waals surface area contributed by atoms with Gasteiger partial charge in [0.1, 0.15) is 5.82 Å². The van der Waals surface area contributed by atoms with Crippen LogP contribution in [0.15, 0.2) is 24.3 Å². The summed E-state index contributed by atoms with van der Waals surface area (Å²) < 4.78 is 13.1. The summed E-state index contributed by atoms with van der Waals surface area (Å²) in [4.78, 5) is 12.2. The number of benzene rings is 1. The Hall–Kier alpha value is -1.13. The van der Waals surface area contributed by atoms with Crippen molar-refractivity contribution >= 4 is 18.3 Å². The number of hydrogen-bond donors (Lipinski definition) is 2. The molecule has 1 amide bonds. The van der Waals surface area contributed by atoms with Crippen LogP contribution in [0.3, 0.4) is 0 Å². The molecule has 0 aromatic heterocycles. The molecule has 3 rings (SSSR count). The first-order chi connectivity index (χ1) is 10.7. The van der Waals surface area contributed by atoms with Crippen molar-refractivity contribution in [3.05, 3.63) is 35.6 Å². The van der Waals surface area contributed by atoms with Gasteiger partial charge < -0.3 is 10.6 Å². The molecule has 0 bridgehead atoms. The molecular weight excluding hydrogens is 315 g/mol. The summed E-state index contributed by atoms with van der Waals surface area (Å²) in [6, 6.07) is 6.58. The fourth-order valence-corrected chi connectivity index (χ4v) is 3.37. The highest BCUT2D eigenvalue weighted by Gasteiger charge is 2.28.